The summed E-state index contributed by atoms with van der Waals surface area (Å²) in [5.41, 5.74) is 5.77. The van der Waals surface area contributed by atoms with Gasteiger partial charge in [0.25, 0.3) is 5.91 Å². The summed E-state index contributed by atoms with van der Waals surface area (Å²) in [5, 5.41) is 2.88. The largest absolute Gasteiger partial charge is 0.382 e. The van der Waals surface area contributed by atoms with Crippen LogP contribution in [-0.2, 0) is 10.8 Å². The SMILES string of the molecule is CCS(=O)CCNC(=O)c1cnc(N)c(Cl)c1. The number of nitrogen functional groups attached to an aromatic ring is 1. The molecule has 1 rings (SSSR count). The molecule has 5 nitrogen and oxygen atoms in total. The second-order valence-electron chi connectivity index (χ2n) is 3.28. The third-order valence-electron chi connectivity index (χ3n) is 2.07. The van der Waals surface area contributed by atoms with Crippen molar-refractivity contribution >= 4 is 34.1 Å². The molecule has 1 heterocycles. The van der Waals surface area contributed by atoms with Crippen LogP contribution in [0.3, 0.4) is 0 Å². The fourth-order valence-corrected chi connectivity index (χ4v) is 1.88. The van der Waals surface area contributed by atoms with Crippen molar-refractivity contribution < 1.29 is 9.00 Å². The Hall–Kier alpha value is -1.14. The zero-order valence-electron chi connectivity index (χ0n) is 9.40. The Labute approximate surface area is 107 Å². The smallest absolute Gasteiger partial charge is 0.252 e. The van der Waals surface area contributed by atoms with Crippen LogP contribution in [0.4, 0.5) is 5.82 Å². The number of nitrogens with one attached hydrogen (secondary N) is 1. The van der Waals surface area contributed by atoms with Crippen LogP contribution in [0.15, 0.2) is 12.3 Å². The van der Waals surface area contributed by atoms with Crippen LogP contribution in [0, 0.1) is 0 Å². The number of hydrogen-bond donors (Lipinski definition) is 2. The van der Waals surface area contributed by atoms with Gasteiger partial charge in [-0.1, -0.05) is 18.5 Å². The van der Waals surface area contributed by atoms with E-state index in [4.69, 9.17) is 17.3 Å². The van der Waals surface area contributed by atoms with Crippen molar-refractivity contribution in [1.29, 1.82) is 0 Å². The van der Waals surface area contributed by atoms with Crippen molar-refractivity contribution in [2.75, 3.05) is 23.8 Å². The highest BCUT2D eigenvalue weighted by molar-refractivity contribution is 7.84. The molecule has 0 radical (unpaired) electrons. The molecule has 1 aromatic heterocycles. The van der Waals surface area contributed by atoms with Gasteiger partial charge in [-0.2, -0.15) is 0 Å². The second kappa shape index (κ2) is 6.56. The number of carbonyl (C=O) groups excluding carboxylic acids is 1. The van der Waals surface area contributed by atoms with Crippen LogP contribution in [0.25, 0.3) is 0 Å². The molecular weight excluding hydrogens is 262 g/mol. The first-order chi connectivity index (χ1) is 8.04. The summed E-state index contributed by atoms with van der Waals surface area (Å²) in [7, 11) is -0.884. The van der Waals surface area contributed by atoms with E-state index in [9.17, 15) is 9.00 Å². The number of anilines is 1. The highest BCUT2D eigenvalue weighted by atomic mass is 35.5. The van der Waals surface area contributed by atoms with E-state index in [-0.39, 0.29) is 16.7 Å². The molecule has 0 spiro atoms. The molecule has 0 bridgehead atoms. The standard InChI is InChI=1S/C10H14ClN3O2S/c1-2-17(16)4-3-13-10(15)7-5-8(11)9(12)14-6-7/h5-6H,2-4H2,1H3,(H2,12,14)(H,13,15). The number of nitrogens with two attached hydrogens (primary N) is 1. The predicted molar refractivity (Wildman–Crippen MR) is 69.5 cm³/mol. The Morgan fingerprint density at radius 2 is 2.35 bits per heavy atom. The summed E-state index contributed by atoms with van der Waals surface area (Å²) in [6.07, 6.45) is 1.35. The van der Waals surface area contributed by atoms with Crippen LogP contribution in [0.5, 0.6) is 0 Å². The molecule has 1 atom stereocenters. The molecule has 94 valence electrons. The molecule has 3 N–H and O–H groups in total. The molecule has 0 saturated carbocycles. The van der Waals surface area contributed by atoms with Crippen molar-refractivity contribution in [2.24, 2.45) is 0 Å². The number of halogens is 1. The number of carbonyl (C=O) groups is 1. The lowest BCUT2D eigenvalue weighted by atomic mass is 10.2. The second-order valence-corrected chi connectivity index (χ2v) is 5.55. The molecule has 0 saturated heterocycles. The molecule has 7 heteroatoms. The van der Waals surface area contributed by atoms with Gasteiger partial charge in [-0.05, 0) is 6.07 Å². The Kier molecular flexibility index (Phi) is 5.37. The van der Waals surface area contributed by atoms with Crippen LogP contribution >= 0.6 is 11.6 Å². The van der Waals surface area contributed by atoms with Gasteiger partial charge in [-0.15, -0.1) is 0 Å². The van der Waals surface area contributed by atoms with E-state index >= 15 is 0 Å². The number of amides is 1. The average molecular weight is 276 g/mol. The molecule has 0 aromatic carbocycles. The third-order valence-corrected chi connectivity index (χ3v) is 3.68. The summed E-state index contributed by atoms with van der Waals surface area (Å²) in [6.45, 7) is 2.20. The minimum atomic E-state index is -0.884. The molecule has 0 aliphatic rings. The zero-order valence-corrected chi connectivity index (χ0v) is 11.0. The zero-order chi connectivity index (χ0) is 12.8. The van der Waals surface area contributed by atoms with Crippen LogP contribution in [0.2, 0.25) is 5.02 Å². The first-order valence-corrected chi connectivity index (χ1v) is 6.95. The van der Waals surface area contributed by atoms with Gasteiger partial charge in [0, 0.05) is 35.0 Å². The Morgan fingerprint density at radius 1 is 1.65 bits per heavy atom. The number of nitrogens with zero attached hydrogens (tertiary/aromatic N) is 1. The van der Waals surface area contributed by atoms with Gasteiger partial charge in [0.15, 0.2) is 0 Å². The highest BCUT2D eigenvalue weighted by Gasteiger charge is 2.08. The Morgan fingerprint density at radius 3 is 2.94 bits per heavy atom. The third kappa shape index (κ3) is 4.32. The summed E-state index contributed by atoms with van der Waals surface area (Å²) in [6, 6.07) is 1.45. The van der Waals surface area contributed by atoms with Gasteiger partial charge in [0.05, 0.1) is 10.6 Å². The van der Waals surface area contributed by atoms with Gasteiger partial charge in [0.1, 0.15) is 5.82 Å². The molecule has 1 unspecified atom stereocenters. The fourth-order valence-electron chi connectivity index (χ4n) is 1.10. The number of aromatic nitrogens is 1. The highest BCUT2D eigenvalue weighted by Crippen LogP contribution is 2.16. The van der Waals surface area contributed by atoms with Crippen molar-refractivity contribution in [3.63, 3.8) is 0 Å². The molecule has 0 aliphatic carbocycles. The van der Waals surface area contributed by atoms with E-state index < -0.39 is 10.8 Å². The summed E-state index contributed by atoms with van der Waals surface area (Å²) < 4.78 is 11.1. The monoisotopic (exact) mass is 275 g/mol. The van der Waals surface area contributed by atoms with Gasteiger partial charge in [0.2, 0.25) is 0 Å². The average Bonchev–Trinajstić information content (AvgIpc) is 2.32. The quantitative estimate of drug-likeness (QED) is 0.833. The lowest BCUT2D eigenvalue weighted by Gasteiger charge is -2.05. The van der Waals surface area contributed by atoms with Gasteiger partial charge >= 0.3 is 0 Å². The van der Waals surface area contributed by atoms with Gasteiger partial charge < -0.3 is 11.1 Å². The number of pyridine rings is 1. The predicted octanol–water partition coefficient (Wildman–Crippen LogP) is 0.816. The van der Waals surface area contributed by atoms with Gasteiger partial charge in [-0.3, -0.25) is 9.00 Å². The van der Waals surface area contributed by atoms with Crippen molar-refractivity contribution in [3.8, 4) is 0 Å². The fraction of sp³-hybridized carbons (Fsp3) is 0.400. The lowest BCUT2D eigenvalue weighted by Crippen LogP contribution is -2.28. The molecule has 1 amide bonds. The maximum atomic E-state index is 11.6. The van der Waals surface area contributed by atoms with Crippen LogP contribution in [0.1, 0.15) is 17.3 Å². The van der Waals surface area contributed by atoms with E-state index in [0.717, 1.165) is 0 Å². The molecule has 17 heavy (non-hydrogen) atoms. The first kappa shape index (κ1) is 13.9. The van der Waals surface area contributed by atoms with E-state index in [1.54, 1.807) is 0 Å². The topological polar surface area (TPSA) is 85.1 Å². The van der Waals surface area contributed by atoms with Crippen molar-refractivity contribution in [2.45, 2.75) is 6.92 Å². The van der Waals surface area contributed by atoms with E-state index in [1.165, 1.54) is 12.3 Å². The summed E-state index contributed by atoms with van der Waals surface area (Å²) >= 11 is 5.75. The molecule has 0 aliphatic heterocycles. The van der Waals surface area contributed by atoms with E-state index in [2.05, 4.69) is 10.3 Å². The summed E-state index contributed by atoms with van der Waals surface area (Å²) in [4.78, 5) is 15.4. The lowest BCUT2D eigenvalue weighted by molar-refractivity contribution is 0.0956. The maximum Gasteiger partial charge on any atom is 0.252 e. The molecule has 0 fully saturated rings. The number of hydrogen-bond acceptors (Lipinski definition) is 4. The van der Waals surface area contributed by atoms with Gasteiger partial charge in [-0.25, -0.2) is 4.98 Å². The van der Waals surface area contributed by atoms with E-state index in [1.807, 2.05) is 6.92 Å². The first-order valence-electron chi connectivity index (χ1n) is 5.08. The molecule has 1 aromatic rings. The maximum absolute atomic E-state index is 11.6. The van der Waals surface area contributed by atoms with Crippen molar-refractivity contribution in [3.05, 3.63) is 22.8 Å². The van der Waals surface area contributed by atoms with Crippen molar-refractivity contribution in [1.82, 2.24) is 10.3 Å². The summed E-state index contributed by atoms with van der Waals surface area (Å²) in [5.74, 6) is 0.923. The van der Waals surface area contributed by atoms with Crippen LogP contribution in [-0.4, -0.2) is 33.2 Å². The normalized spacial score (nSPS) is 12.1. The van der Waals surface area contributed by atoms with Crippen LogP contribution < -0.4 is 11.1 Å². The van der Waals surface area contributed by atoms with E-state index in [0.29, 0.717) is 23.6 Å². The minimum Gasteiger partial charge on any atom is -0.382 e. The Balaban J connectivity index is 2.52. The minimum absolute atomic E-state index is 0.190. The Bertz CT molecular complexity index is 440. The number of rotatable bonds is 5. The molecular formula is C10H14ClN3O2S.